The maximum absolute atomic E-state index is 12.0. The van der Waals surface area contributed by atoms with E-state index in [9.17, 15) is 5.11 Å². The van der Waals surface area contributed by atoms with Gasteiger partial charge in [0.15, 0.2) is 18.6 Å². The van der Waals surface area contributed by atoms with Crippen LogP contribution in [0.3, 0.4) is 0 Å². The average Bonchev–Trinajstić information content (AvgIpc) is 2.40. The average molecular weight is 275 g/mol. The smallest absolute Gasteiger partial charge is 0.176 e. The van der Waals surface area contributed by atoms with Gasteiger partial charge in [-0.3, -0.25) is 0 Å². The van der Waals surface area contributed by atoms with E-state index in [1.54, 1.807) is 35.0 Å². The molecule has 0 fully saturated rings. The Hall–Kier alpha value is -2.00. The number of rotatable bonds is 3. The molecule has 2 aromatic rings. The van der Waals surface area contributed by atoms with Crippen molar-refractivity contribution in [3.8, 4) is 0 Å². The summed E-state index contributed by atoms with van der Waals surface area (Å²) in [6.07, 6.45) is 5.25. The van der Waals surface area contributed by atoms with Crippen molar-refractivity contribution in [1.29, 1.82) is 0 Å². The van der Waals surface area contributed by atoms with Crippen molar-refractivity contribution < 1.29 is 9.67 Å². The second-order valence-corrected chi connectivity index (χ2v) is 4.83. The van der Waals surface area contributed by atoms with Gasteiger partial charge in [-0.2, -0.15) is 4.57 Å². The molecule has 19 heavy (non-hydrogen) atoms. The SMILES string of the molecule is CN(C)c1cc[n+](/C=C(\[O-])c2ccc(Cl)cc2)cc1. The molecule has 1 aromatic carbocycles. The van der Waals surface area contributed by atoms with Crippen LogP contribution in [0.5, 0.6) is 0 Å². The highest BCUT2D eigenvalue weighted by atomic mass is 35.5. The molecule has 0 saturated carbocycles. The van der Waals surface area contributed by atoms with Crippen LogP contribution >= 0.6 is 11.6 Å². The summed E-state index contributed by atoms with van der Waals surface area (Å²) in [5, 5.41) is 12.6. The van der Waals surface area contributed by atoms with Crippen LogP contribution in [0, 0.1) is 0 Å². The predicted molar refractivity (Wildman–Crippen MR) is 76.6 cm³/mol. The van der Waals surface area contributed by atoms with E-state index in [0.29, 0.717) is 10.6 Å². The van der Waals surface area contributed by atoms with Crippen LogP contribution in [0.1, 0.15) is 5.56 Å². The summed E-state index contributed by atoms with van der Waals surface area (Å²) in [5.74, 6) is -0.0562. The number of hydrogen-bond acceptors (Lipinski definition) is 2. The van der Waals surface area contributed by atoms with E-state index >= 15 is 0 Å². The van der Waals surface area contributed by atoms with Gasteiger partial charge in [0.05, 0.1) is 0 Å². The van der Waals surface area contributed by atoms with Gasteiger partial charge in [-0.15, -0.1) is 0 Å². The third-order valence-corrected chi connectivity index (χ3v) is 3.00. The van der Waals surface area contributed by atoms with Crippen LogP contribution in [0.4, 0.5) is 5.69 Å². The van der Waals surface area contributed by atoms with Gasteiger partial charge in [-0.05, 0) is 23.5 Å². The van der Waals surface area contributed by atoms with E-state index in [-0.39, 0.29) is 5.76 Å². The second-order valence-electron chi connectivity index (χ2n) is 4.40. The van der Waals surface area contributed by atoms with Gasteiger partial charge < -0.3 is 10.0 Å². The minimum absolute atomic E-state index is 0.0562. The summed E-state index contributed by atoms with van der Waals surface area (Å²) < 4.78 is 1.74. The highest BCUT2D eigenvalue weighted by Gasteiger charge is 2.00. The highest BCUT2D eigenvalue weighted by molar-refractivity contribution is 6.30. The van der Waals surface area contributed by atoms with Gasteiger partial charge >= 0.3 is 0 Å². The third kappa shape index (κ3) is 3.48. The third-order valence-electron chi connectivity index (χ3n) is 2.75. The summed E-state index contributed by atoms with van der Waals surface area (Å²) in [7, 11) is 3.95. The molecule has 0 N–H and O–H groups in total. The molecule has 0 radical (unpaired) electrons. The number of pyridine rings is 1. The highest BCUT2D eigenvalue weighted by Crippen LogP contribution is 2.13. The van der Waals surface area contributed by atoms with Crippen molar-refractivity contribution >= 4 is 29.2 Å². The Morgan fingerprint density at radius 2 is 1.68 bits per heavy atom. The maximum atomic E-state index is 12.0. The summed E-state index contributed by atoms with van der Waals surface area (Å²) in [5.41, 5.74) is 1.71. The molecule has 0 atom stereocenters. The van der Waals surface area contributed by atoms with Crippen molar-refractivity contribution in [1.82, 2.24) is 0 Å². The normalized spacial score (nSPS) is 11.4. The van der Waals surface area contributed by atoms with Gasteiger partial charge in [0, 0.05) is 36.9 Å². The van der Waals surface area contributed by atoms with Crippen molar-refractivity contribution in [2.24, 2.45) is 0 Å². The molecule has 98 valence electrons. The van der Waals surface area contributed by atoms with Gasteiger partial charge in [0.25, 0.3) is 0 Å². The van der Waals surface area contributed by atoms with Gasteiger partial charge in [-0.25, -0.2) is 0 Å². The Morgan fingerprint density at radius 3 is 2.21 bits per heavy atom. The fraction of sp³-hybridized carbons (Fsp3) is 0.133. The van der Waals surface area contributed by atoms with Crippen LogP contribution in [0.2, 0.25) is 5.02 Å². The Labute approximate surface area is 118 Å². The maximum Gasteiger partial charge on any atom is 0.176 e. The lowest BCUT2D eigenvalue weighted by atomic mass is 10.2. The molecular formula is C15H15ClN2O. The molecule has 2 rings (SSSR count). The first-order chi connectivity index (χ1) is 9.06. The molecule has 0 bridgehead atoms. The summed E-state index contributed by atoms with van der Waals surface area (Å²) in [6.45, 7) is 0. The number of anilines is 1. The number of halogens is 1. The minimum atomic E-state index is -0.0562. The van der Waals surface area contributed by atoms with Crippen molar-refractivity contribution in [3.05, 3.63) is 59.4 Å². The molecule has 0 aliphatic heterocycles. The summed E-state index contributed by atoms with van der Waals surface area (Å²) >= 11 is 5.79. The molecule has 1 heterocycles. The van der Waals surface area contributed by atoms with Crippen LogP contribution in [0.15, 0.2) is 48.8 Å². The molecular weight excluding hydrogens is 260 g/mol. The van der Waals surface area contributed by atoms with Gasteiger partial charge in [-0.1, -0.05) is 23.7 Å². The zero-order chi connectivity index (χ0) is 13.8. The lowest BCUT2D eigenvalue weighted by molar-refractivity contribution is -0.569. The molecule has 0 aliphatic rings. The molecule has 3 nitrogen and oxygen atoms in total. The second kappa shape index (κ2) is 5.76. The standard InChI is InChI=1S/C15H15ClN2O/c1-17(2)14-7-9-18(10-8-14)11-15(19)12-3-5-13(16)6-4-12/h3-11H,1-2H3/b15-11-. The predicted octanol–water partition coefficient (Wildman–Crippen LogP) is 2.01. The monoisotopic (exact) mass is 274 g/mol. The van der Waals surface area contributed by atoms with Gasteiger partial charge in [0.1, 0.15) is 0 Å². The summed E-state index contributed by atoms with van der Waals surface area (Å²) in [6, 6.07) is 10.8. The molecule has 0 amide bonds. The van der Waals surface area contributed by atoms with E-state index in [1.165, 1.54) is 0 Å². The lowest BCUT2D eigenvalue weighted by Gasteiger charge is -2.11. The van der Waals surface area contributed by atoms with Crippen LogP contribution in [-0.2, 0) is 0 Å². The Bertz CT molecular complexity index is 574. The number of nitrogens with zero attached hydrogens (tertiary/aromatic N) is 2. The lowest BCUT2D eigenvalue weighted by Crippen LogP contribution is -2.27. The largest absolute Gasteiger partial charge is 0.868 e. The molecule has 1 aromatic heterocycles. The minimum Gasteiger partial charge on any atom is -0.868 e. The zero-order valence-electron chi connectivity index (χ0n) is 10.9. The van der Waals surface area contributed by atoms with Crippen molar-refractivity contribution in [2.45, 2.75) is 0 Å². The van der Waals surface area contributed by atoms with E-state index in [0.717, 1.165) is 5.69 Å². The molecule has 0 spiro atoms. The number of aromatic nitrogens is 1. The quantitative estimate of drug-likeness (QED) is 0.633. The number of benzene rings is 1. The first kappa shape index (κ1) is 13.4. The van der Waals surface area contributed by atoms with Crippen LogP contribution < -0.4 is 14.6 Å². The Balaban J connectivity index is 2.22. The first-order valence-electron chi connectivity index (χ1n) is 5.89. The van der Waals surface area contributed by atoms with E-state index in [4.69, 9.17) is 11.6 Å². The Kier molecular flexibility index (Phi) is 4.07. The van der Waals surface area contributed by atoms with E-state index in [2.05, 4.69) is 0 Å². The topological polar surface area (TPSA) is 30.2 Å². The van der Waals surface area contributed by atoms with Crippen molar-refractivity contribution in [3.63, 3.8) is 0 Å². The van der Waals surface area contributed by atoms with Crippen molar-refractivity contribution in [2.75, 3.05) is 19.0 Å². The van der Waals surface area contributed by atoms with Crippen LogP contribution in [-0.4, -0.2) is 14.1 Å². The van der Waals surface area contributed by atoms with E-state index in [1.807, 2.05) is 43.5 Å². The fourth-order valence-electron chi connectivity index (χ4n) is 1.64. The van der Waals surface area contributed by atoms with E-state index < -0.39 is 0 Å². The molecule has 4 heteroatoms. The fourth-order valence-corrected chi connectivity index (χ4v) is 1.76. The van der Waals surface area contributed by atoms with Crippen LogP contribution in [0.25, 0.3) is 12.0 Å². The van der Waals surface area contributed by atoms with Gasteiger partial charge in [0.2, 0.25) is 0 Å². The zero-order valence-corrected chi connectivity index (χ0v) is 11.6. The molecule has 0 aliphatic carbocycles. The first-order valence-corrected chi connectivity index (χ1v) is 6.27. The summed E-state index contributed by atoms with van der Waals surface area (Å²) in [4.78, 5) is 2.01. The Morgan fingerprint density at radius 1 is 1.11 bits per heavy atom. The molecule has 0 unspecified atom stereocenters. The molecule has 0 saturated heterocycles. The number of hydrogen-bond donors (Lipinski definition) is 0.